The highest BCUT2D eigenvalue weighted by molar-refractivity contribution is 5.92. The Bertz CT molecular complexity index is 1880. The van der Waals surface area contributed by atoms with Gasteiger partial charge in [0.05, 0.1) is 34.9 Å². The van der Waals surface area contributed by atoms with Gasteiger partial charge in [-0.2, -0.15) is 10.5 Å². The van der Waals surface area contributed by atoms with E-state index in [0.717, 1.165) is 55.6 Å². The van der Waals surface area contributed by atoms with Crippen molar-refractivity contribution in [1.82, 2.24) is 41.5 Å². The summed E-state index contributed by atoms with van der Waals surface area (Å²) in [4.78, 5) is 32.0. The zero-order valence-corrected chi connectivity index (χ0v) is 31.0. The minimum Gasteiger partial charge on any atom is -0.444 e. The van der Waals surface area contributed by atoms with E-state index in [2.05, 4.69) is 48.7 Å². The van der Waals surface area contributed by atoms with Gasteiger partial charge in [-0.3, -0.25) is 9.97 Å². The summed E-state index contributed by atoms with van der Waals surface area (Å²) in [6.07, 6.45) is 10.4. The van der Waals surface area contributed by atoms with Crippen molar-refractivity contribution < 1.29 is 9.53 Å². The average molecular weight is 717 g/mol. The number of hydrogen-bond donors (Lipinski definition) is 5. The highest BCUT2D eigenvalue weighted by Gasteiger charge is 2.28. The lowest BCUT2D eigenvalue weighted by atomic mass is 10.0. The number of aromatic nitrogens is 2. The standard InChI is InChI=1S/C22H28N6O2.C17H20N6/c1-15-14-25-20(27-19(15)17(13-23)18-7-5-6-10-24-18)26-16-8-11-28(12-9-16)21(29)30-22(2,3)4;1-12-11-21-17(22-13-5-8-19-9-6-13)23-16(12)14(10-18)15-4-2-3-7-20-15/h5-7,10,14,16H,8-9,11-12H2,1-4H3,(H2,25,26,27);2-4,7,11,13,19H,5-6,8-9H2,1H3,(H2,21,22,23). The summed E-state index contributed by atoms with van der Waals surface area (Å²) in [7, 11) is 0. The molecule has 2 saturated heterocycles. The monoisotopic (exact) mass is 716 g/mol. The lowest BCUT2D eigenvalue weighted by Gasteiger charge is -2.32. The first kappa shape index (κ1) is 38.2. The van der Waals surface area contributed by atoms with Crippen LogP contribution in [0.25, 0.3) is 11.1 Å². The van der Waals surface area contributed by atoms with Crippen molar-refractivity contribution >= 4 is 29.2 Å². The molecule has 14 heteroatoms. The Morgan fingerprint density at radius 3 is 1.68 bits per heavy atom. The summed E-state index contributed by atoms with van der Waals surface area (Å²) in [5, 5.41) is 35.4. The zero-order chi connectivity index (χ0) is 37.8. The van der Waals surface area contributed by atoms with Gasteiger partial charge in [0.2, 0.25) is 0 Å². The van der Waals surface area contributed by atoms with Crippen LogP contribution in [0.15, 0.2) is 93.7 Å². The number of nitriles is 2. The number of piperidine rings is 2. The number of ether oxygens (including phenoxy) is 1. The van der Waals surface area contributed by atoms with Crippen molar-refractivity contribution in [3.05, 3.63) is 95.1 Å². The van der Waals surface area contributed by atoms with Crippen molar-refractivity contribution in [2.24, 2.45) is 9.98 Å². The van der Waals surface area contributed by atoms with Crippen LogP contribution in [-0.2, 0) is 4.74 Å². The molecule has 0 aromatic carbocycles. The van der Waals surface area contributed by atoms with Gasteiger partial charge >= 0.3 is 6.09 Å². The second-order valence-corrected chi connectivity index (χ2v) is 14.0. The van der Waals surface area contributed by atoms with E-state index >= 15 is 0 Å². The minimum atomic E-state index is -0.497. The van der Waals surface area contributed by atoms with Gasteiger partial charge in [0.25, 0.3) is 0 Å². The van der Waals surface area contributed by atoms with Crippen LogP contribution in [0.5, 0.6) is 0 Å². The van der Waals surface area contributed by atoms with Crippen molar-refractivity contribution in [2.75, 3.05) is 26.2 Å². The Balaban J connectivity index is 0.000000211. The predicted molar refractivity (Wildman–Crippen MR) is 205 cm³/mol. The summed E-state index contributed by atoms with van der Waals surface area (Å²) in [6, 6.07) is 15.9. The van der Waals surface area contributed by atoms with Gasteiger partial charge in [0.15, 0.2) is 11.9 Å². The minimum absolute atomic E-state index is 0.0760. The second kappa shape index (κ2) is 18.0. The summed E-state index contributed by atoms with van der Waals surface area (Å²) >= 11 is 0. The van der Waals surface area contributed by atoms with E-state index in [1.54, 1.807) is 17.3 Å². The van der Waals surface area contributed by atoms with E-state index in [1.807, 2.05) is 83.4 Å². The smallest absolute Gasteiger partial charge is 0.410 e. The largest absolute Gasteiger partial charge is 0.444 e. The molecule has 0 atom stereocenters. The highest BCUT2D eigenvalue weighted by Crippen LogP contribution is 2.23. The number of pyridine rings is 2. The van der Waals surface area contributed by atoms with Crippen LogP contribution in [-0.4, -0.2) is 76.7 Å². The Morgan fingerprint density at radius 1 is 0.792 bits per heavy atom. The van der Waals surface area contributed by atoms with Crippen molar-refractivity contribution in [2.45, 2.75) is 78.0 Å². The molecule has 4 aliphatic heterocycles. The third-order valence-electron chi connectivity index (χ3n) is 8.74. The third kappa shape index (κ3) is 10.8. The molecule has 14 nitrogen and oxygen atoms in total. The highest BCUT2D eigenvalue weighted by atomic mass is 16.6. The maximum absolute atomic E-state index is 12.2. The molecule has 0 radical (unpaired) electrons. The zero-order valence-electron chi connectivity index (χ0n) is 31.0. The molecule has 2 fully saturated rings. The van der Waals surface area contributed by atoms with Crippen LogP contribution in [0.3, 0.4) is 0 Å². The Kier molecular flexibility index (Phi) is 13.0. The maximum atomic E-state index is 12.2. The molecule has 2 aromatic rings. The Hall–Kier alpha value is -5.99. The lowest BCUT2D eigenvalue weighted by molar-refractivity contribution is 0.0207. The van der Waals surface area contributed by atoms with Crippen LogP contribution in [0.4, 0.5) is 4.79 Å². The molecule has 0 saturated carbocycles. The van der Waals surface area contributed by atoms with E-state index in [1.165, 1.54) is 0 Å². The lowest BCUT2D eigenvalue weighted by Crippen LogP contribution is -2.44. The Labute approximate surface area is 311 Å². The molecule has 0 aliphatic carbocycles. The molecule has 2 aromatic heterocycles. The summed E-state index contributed by atoms with van der Waals surface area (Å²) in [5.74, 6) is 1.29. The first-order valence-electron chi connectivity index (χ1n) is 17.9. The van der Waals surface area contributed by atoms with Crippen LogP contribution in [0.1, 0.15) is 71.7 Å². The Morgan fingerprint density at radius 2 is 1.26 bits per heavy atom. The molecule has 0 bridgehead atoms. The number of likely N-dealkylation sites (tertiary alicyclic amines) is 1. The third-order valence-corrected chi connectivity index (χ3v) is 8.74. The molecular weight excluding hydrogens is 669 g/mol. The van der Waals surface area contributed by atoms with E-state index in [-0.39, 0.29) is 12.1 Å². The number of amides is 1. The fourth-order valence-electron chi connectivity index (χ4n) is 5.97. The van der Waals surface area contributed by atoms with Crippen molar-refractivity contribution in [3.8, 4) is 12.1 Å². The summed E-state index contributed by atoms with van der Waals surface area (Å²) in [6.45, 7) is 12.7. The van der Waals surface area contributed by atoms with Gasteiger partial charge in [-0.1, -0.05) is 12.1 Å². The fraction of sp³-hybridized carbons (Fsp3) is 0.410. The van der Waals surface area contributed by atoms with Gasteiger partial charge in [-0.25, -0.2) is 14.8 Å². The molecule has 276 valence electrons. The van der Waals surface area contributed by atoms with Crippen molar-refractivity contribution in [3.63, 3.8) is 0 Å². The molecule has 1 amide bonds. The first-order chi connectivity index (χ1) is 25.5. The number of hydrogen-bond acceptors (Lipinski definition) is 9. The quantitative estimate of drug-likeness (QED) is 0.276. The molecule has 6 heterocycles. The SMILES string of the molecule is CC1=CNC(=NC2CCN(C(=O)OC(C)(C)C)CC2)NC1=C(C#N)c1ccccn1.CC1=CNC(=NC2CCNCC2)NC1=C(C#N)c1ccccn1. The molecule has 0 spiro atoms. The van der Waals surface area contributed by atoms with Gasteiger partial charge < -0.3 is 36.2 Å². The molecule has 0 unspecified atom stereocenters. The number of allylic oxidation sites excluding steroid dienone is 4. The number of nitrogens with one attached hydrogen (secondary N) is 5. The van der Waals surface area contributed by atoms with Gasteiger partial charge in [0, 0.05) is 37.9 Å². The van der Waals surface area contributed by atoms with Crippen LogP contribution >= 0.6 is 0 Å². The van der Waals surface area contributed by atoms with E-state index in [4.69, 9.17) is 14.7 Å². The predicted octanol–water partition coefficient (Wildman–Crippen LogP) is 4.69. The van der Waals surface area contributed by atoms with Crippen molar-refractivity contribution in [1.29, 1.82) is 10.5 Å². The first-order valence-corrected chi connectivity index (χ1v) is 17.9. The summed E-state index contributed by atoms with van der Waals surface area (Å²) < 4.78 is 5.45. The number of carbonyl (C=O) groups excluding carboxylic acids is 1. The normalized spacial score (nSPS) is 21.5. The van der Waals surface area contributed by atoms with Gasteiger partial charge in [-0.15, -0.1) is 0 Å². The average Bonchev–Trinajstić information content (AvgIpc) is 3.16. The fourth-order valence-corrected chi connectivity index (χ4v) is 5.97. The summed E-state index contributed by atoms with van der Waals surface area (Å²) in [5.41, 5.74) is 5.08. The maximum Gasteiger partial charge on any atom is 0.410 e. The van der Waals surface area contributed by atoms with Gasteiger partial charge in [-0.05, 0) is 109 Å². The van der Waals surface area contributed by atoms with Gasteiger partial charge in [0.1, 0.15) is 28.9 Å². The van der Waals surface area contributed by atoms with E-state index in [0.29, 0.717) is 59.3 Å². The van der Waals surface area contributed by atoms with Crippen LogP contribution in [0.2, 0.25) is 0 Å². The van der Waals surface area contributed by atoms with E-state index in [9.17, 15) is 15.3 Å². The molecule has 53 heavy (non-hydrogen) atoms. The molecular formula is C39H48N12O2. The van der Waals surface area contributed by atoms with Crippen LogP contribution in [0, 0.1) is 22.7 Å². The number of rotatable bonds is 4. The number of guanidine groups is 2. The number of nitrogens with zero attached hydrogens (tertiary/aromatic N) is 7. The topological polar surface area (TPSA) is 188 Å². The molecule has 4 aliphatic rings. The number of carbonyl (C=O) groups is 1. The second-order valence-electron chi connectivity index (χ2n) is 14.0. The molecule has 6 rings (SSSR count). The molecule has 5 N–H and O–H groups in total. The van der Waals surface area contributed by atoms with Crippen LogP contribution < -0.4 is 26.6 Å². The van der Waals surface area contributed by atoms with E-state index < -0.39 is 5.60 Å². The number of aliphatic imine (C=N–C) groups is 2.